The van der Waals surface area contributed by atoms with Crippen molar-refractivity contribution in [3.05, 3.63) is 118 Å². The first-order valence-electron chi connectivity index (χ1n) is 15.2. The molecule has 1 atom stereocenters. The van der Waals surface area contributed by atoms with Gasteiger partial charge in [0.1, 0.15) is 12.6 Å². The maximum Gasteiger partial charge on any atom is 0.264 e. The molecule has 0 saturated heterocycles. The maximum atomic E-state index is 14.7. The molecule has 254 valence electrons. The van der Waals surface area contributed by atoms with E-state index in [1.165, 1.54) is 43.4 Å². The lowest BCUT2D eigenvalue weighted by molar-refractivity contribution is -0.140. The number of nitrogens with one attached hydrogen (secondary N) is 1. The lowest BCUT2D eigenvalue weighted by atomic mass is 10.0. The van der Waals surface area contributed by atoms with Gasteiger partial charge in [-0.15, -0.1) is 0 Å². The van der Waals surface area contributed by atoms with Crippen LogP contribution in [0.4, 0.5) is 5.69 Å². The molecule has 1 unspecified atom stereocenters. The first-order chi connectivity index (χ1) is 22.8. The summed E-state index contributed by atoms with van der Waals surface area (Å²) >= 11 is 13.2. The van der Waals surface area contributed by atoms with Gasteiger partial charge in [0.2, 0.25) is 11.8 Å². The molecule has 0 aromatic heterocycles. The van der Waals surface area contributed by atoms with Crippen LogP contribution in [0.2, 0.25) is 10.0 Å². The van der Waals surface area contributed by atoms with Crippen LogP contribution in [0.3, 0.4) is 0 Å². The number of halogens is 2. The lowest BCUT2D eigenvalue weighted by Crippen LogP contribution is -2.54. The van der Waals surface area contributed by atoms with Gasteiger partial charge in [-0.25, -0.2) is 8.42 Å². The third-order valence-corrected chi connectivity index (χ3v) is 10.1. The molecule has 4 aromatic rings. The van der Waals surface area contributed by atoms with E-state index in [-0.39, 0.29) is 35.3 Å². The molecule has 0 saturated carbocycles. The number of rotatable bonds is 14. The zero-order chi connectivity index (χ0) is 35.0. The second kappa shape index (κ2) is 16.2. The fourth-order valence-electron chi connectivity index (χ4n) is 5.13. The van der Waals surface area contributed by atoms with Crippen LogP contribution in [-0.2, 0) is 32.6 Å². The van der Waals surface area contributed by atoms with Crippen molar-refractivity contribution >= 4 is 50.7 Å². The van der Waals surface area contributed by atoms with Crippen LogP contribution >= 0.6 is 23.2 Å². The highest BCUT2D eigenvalue weighted by Gasteiger charge is 2.35. The van der Waals surface area contributed by atoms with E-state index in [0.717, 1.165) is 15.4 Å². The Kier molecular flexibility index (Phi) is 12.4. The van der Waals surface area contributed by atoms with E-state index >= 15 is 0 Å². The van der Waals surface area contributed by atoms with Gasteiger partial charge in [0.05, 0.1) is 24.8 Å². The molecule has 12 heteroatoms. The minimum Gasteiger partial charge on any atom is -0.493 e. The number of carbonyl (C=O) groups excluding carboxylic acids is 2. The molecule has 0 fully saturated rings. The van der Waals surface area contributed by atoms with Gasteiger partial charge in [0.25, 0.3) is 10.0 Å². The number of hydrogen-bond donors (Lipinski definition) is 1. The maximum absolute atomic E-state index is 14.7. The third-order valence-electron chi connectivity index (χ3n) is 7.64. The number of hydrogen-bond acceptors (Lipinski definition) is 6. The Labute approximate surface area is 292 Å². The van der Waals surface area contributed by atoms with E-state index in [9.17, 15) is 18.0 Å². The zero-order valence-corrected chi connectivity index (χ0v) is 29.8. The second-order valence-corrected chi connectivity index (χ2v) is 14.1. The van der Waals surface area contributed by atoms with Crippen LogP contribution in [0, 0.1) is 6.92 Å². The van der Waals surface area contributed by atoms with Gasteiger partial charge in [-0.05, 0) is 62.7 Å². The van der Waals surface area contributed by atoms with E-state index in [1.54, 1.807) is 36.4 Å². The highest BCUT2D eigenvalue weighted by atomic mass is 35.5. The third kappa shape index (κ3) is 8.80. The van der Waals surface area contributed by atoms with Crippen molar-refractivity contribution < 1.29 is 27.5 Å². The Balaban J connectivity index is 1.88. The minimum absolute atomic E-state index is 0.0187. The number of carbonyl (C=O) groups is 2. The molecule has 4 rings (SSSR count). The van der Waals surface area contributed by atoms with Gasteiger partial charge in [-0.1, -0.05) is 77.3 Å². The normalized spacial score (nSPS) is 11.9. The summed E-state index contributed by atoms with van der Waals surface area (Å²) < 4.78 is 40.5. The van der Waals surface area contributed by atoms with Crippen molar-refractivity contribution in [1.82, 2.24) is 10.2 Å². The highest BCUT2D eigenvalue weighted by Crippen LogP contribution is 2.34. The Morgan fingerprint density at radius 2 is 1.46 bits per heavy atom. The molecule has 0 radical (unpaired) electrons. The molecule has 48 heavy (non-hydrogen) atoms. The van der Waals surface area contributed by atoms with Gasteiger partial charge in [0.15, 0.2) is 11.5 Å². The number of ether oxygens (including phenoxy) is 2. The fraction of sp³-hybridized carbons (Fsp3) is 0.278. The smallest absolute Gasteiger partial charge is 0.264 e. The van der Waals surface area contributed by atoms with Gasteiger partial charge >= 0.3 is 0 Å². The monoisotopic (exact) mass is 711 g/mol. The van der Waals surface area contributed by atoms with E-state index in [2.05, 4.69) is 5.32 Å². The van der Waals surface area contributed by atoms with Gasteiger partial charge < -0.3 is 19.7 Å². The van der Waals surface area contributed by atoms with E-state index < -0.39 is 34.4 Å². The van der Waals surface area contributed by atoms with Crippen LogP contribution in [-0.4, -0.2) is 58.0 Å². The average Bonchev–Trinajstić information content (AvgIpc) is 3.06. The second-order valence-electron chi connectivity index (χ2n) is 11.5. The molecule has 0 aliphatic carbocycles. The molecule has 0 bridgehead atoms. The SMILES string of the molecule is COc1ccc(N(CC(=O)N(Cc2c(Cl)cccc2Cl)C(Cc2ccccc2)C(=O)NC(C)C)S(=O)(=O)c2ccc(C)cc2)cc1OC. The number of aryl methyl sites for hydroxylation is 1. The van der Waals surface area contributed by atoms with Crippen molar-refractivity contribution in [2.45, 2.75) is 50.7 Å². The minimum atomic E-state index is -4.32. The van der Waals surface area contributed by atoms with Crippen LogP contribution in [0.1, 0.15) is 30.5 Å². The van der Waals surface area contributed by atoms with Gasteiger partial charge in [-0.2, -0.15) is 0 Å². The lowest BCUT2D eigenvalue weighted by Gasteiger charge is -2.34. The van der Waals surface area contributed by atoms with Crippen LogP contribution < -0.4 is 19.1 Å². The summed E-state index contributed by atoms with van der Waals surface area (Å²) in [6, 6.07) is 23.9. The van der Waals surface area contributed by atoms with Gasteiger partial charge in [0, 0.05) is 40.7 Å². The molecule has 0 heterocycles. The van der Waals surface area contributed by atoms with Crippen molar-refractivity contribution in [2.75, 3.05) is 25.1 Å². The Bertz CT molecular complexity index is 1820. The molecule has 0 aliphatic rings. The number of sulfonamides is 1. The molecule has 4 aromatic carbocycles. The summed E-state index contributed by atoms with van der Waals surface area (Å²) in [5.74, 6) is -0.422. The summed E-state index contributed by atoms with van der Waals surface area (Å²) in [7, 11) is -1.42. The largest absolute Gasteiger partial charge is 0.493 e. The molecular formula is C36H39Cl2N3O6S. The van der Waals surface area contributed by atoms with Crippen LogP contribution in [0.25, 0.3) is 0 Å². The van der Waals surface area contributed by atoms with Gasteiger partial charge in [-0.3, -0.25) is 13.9 Å². The molecule has 2 amide bonds. The topological polar surface area (TPSA) is 105 Å². The van der Waals surface area contributed by atoms with Crippen molar-refractivity contribution in [3.8, 4) is 11.5 Å². The number of benzene rings is 4. The predicted octanol–water partition coefficient (Wildman–Crippen LogP) is 6.68. The zero-order valence-electron chi connectivity index (χ0n) is 27.4. The first kappa shape index (κ1) is 36.6. The number of nitrogens with zero attached hydrogens (tertiary/aromatic N) is 2. The molecule has 0 spiro atoms. The molecule has 9 nitrogen and oxygen atoms in total. The average molecular weight is 713 g/mol. The van der Waals surface area contributed by atoms with Crippen molar-refractivity contribution in [2.24, 2.45) is 0 Å². The molecular weight excluding hydrogens is 673 g/mol. The Morgan fingerprint density at radius 3 is 2.04 bits per heavy atom. The number of methoxy groups -OCH3 is 2. The first-order valence-corrected chi connectivity index (χ1v) is 17.4. The summed E-state index contributed by atoms with van der Waals surface area (Å²) in [5, 5.41) is 3.52. The summed E-state index contributed by atoms with van der Waals surface area (Å²) in [4.78, 5) is 29.9. The van der Waals surface area contributed by atoms with E-state index in [1.807, 2.05) is 51.1 Å². The molecule has 1 N–H and O–H groups in total. The summed E-state index contributed by atoms with van der Waals surface area (Å²) in [6.45, 7) is 4.67. The van der Waals surface area contributed by atoms with Crippen molar-refractivity contribution in [3.63, 3.8) is 0 Å². The highest BCUT2D eigenvalue weighted by molar-refractivity contribution is 7.92. The Hall–Kier alpha value is -4.25. The Morgan fingerprint density at radius 1 is 0.833 bits per heavy atom. The van der Waals surface area contributed by atoms with Crippen LogP contribution in [0.15, 0.2) is 95.9 Å². The number of amides is 2. The standard InChI is InChI=1S/C36H39Cl2N3O6S/c1-24(2)39-36(43)32(20-26-10-7-6-8-11-26)40(22-29-30(37)12-9-13-31(29)38)35(42)23-41(27-16-19-33(46-4)34(21-27)47-5)48(44,45)28-17-14-25(3)15-18-28/h6-19,21,24,32H,20,22-23H2,1-5H3,(H,39,43). The fourth-order valence-corrected chi connectivity index (χ4v) is 7.06. The summed E-state index contributed by atoms with van der Waals surface area (Å²) in [6.07, 6.45) is 0.147. The number of anilines is 1. The predicted molar refractivity (Wildman–Crippen MR) is 189 cm³/mol. The van der Waals surface area contributed by atoms with Crippen LogP contribution in [0.5, 0.6) is 11.5 Å². The summed E-state index contributed by atoms with van der Waals surface area (Å²) in [5.41, 5.74) is 2.24. The van der Waals surface area contributed by atoms with Crippen molar-refractivity contribution in [1.29, 1.82) is 0 Å². The van der Waals surface area contributed by atoms with E-state index in [4.69, 9.17) is 32.7 Å². The quantitative estimate of drug-likeness (QED) is 0.157. The molecule has 0 aliphatic heterocycles. The van der Waals surface area contributed by atoms with E-state index in [0.29, 0.717) is 21.4 Å².